The topological polar surface area (TPSA) is 46.6 Å². The average Bonchev–Trinajstić information content (AvgIpc) is 2.30. The highest BCUT2D eigenvalue weighted by atomic mass is 16.5. The molecule has 0 aliphatic carbocycles. The fraction of sp³-hybridized carbons (Fsp3) is 0.273. The van der Waals surface area contributed by atoms with E-state index in [-0.39, 0.29) is 0 Å². The van der Waals surface area contributed by atoms with Gasteiger partial charge in [-0.2, -0.15) is 0 Å². The zero-order valence-corrected chi connectivity index (χ0v) is 8.71. The molecule has 0 aliphatic heterocycles. The third-order valence-electron chi connectivity index (χ3n) is 2.13. The predicted molar refractivity (Wildman–Crippen MR) is 56.5 cm³/mol. The van der Waals surface area contributed by atoms with Crippen LogP contribution in [0.5, 0.6) is 0 Å². The maximum Gasteiger partial charge on any atom is 0.328 e. The van der Waals surface area contributed by atoms with E-state index in [2.05, 4.69) is 4.74 Å². The van der Waals surface area contributed by atoms with Gasteiger partial charge in [-0.25, -0.2) is 4.79 Å². The van der Waals surface area contributed by atoms with Gasteiger partial charge in [0.15, 0.2) is 0 Å². The van der Waals surface area contributed by atoms with Gasteiger partial charge in [0.25, 0.3) is 0 Å². The van der Waals surface area contributed by atoms with E-state index in [0.717, 1.165) is 0 Å². The van der Waals surface area contributed by atoms with Crippen molar-refractivity contribution in [2.75, 3.05) is 12.0 Å². The molecule has 0 bridgehead atoms. The molecule has 4 heteroatoms. The van der Waals surface area contributed by atoms with Gasteiger partial charge in [0.2, 0.25) is 6.41 Å². The van der Waals surface area contributed by atoms with Crippen molar-refractivity contribution in [2.45, 2.75) is 13.0 Å². The third-order valence-corrected chi connectivity index (χ3v) is 2.13. The summed E-state index contributed by atoms with van der Waals surface area (Å²) in [5.74, 6) is -0.439. The molecule has 4 nitrogen and oxygen atoms in total. The Hall–Kier alpha value is -1.84. The number of hydrogen-bond donors (Lipinski definition) is 0. The van der Waals surface area contributed by atoms with E-state index in [9.17, 15) is 9.59 Å². The van der Waals surface area contributed by atoms with Gasteiger partial charge < -0.3 is 9.64 Å². The summed E-state index contributed by atoms with van der Waals surface area (Å²) in [5.41, 5.74) is 0.672. The summed E-state index contributed by atoms with van der Waals surface area (Å²) < 4.78 is 4.58. The van der Waals surface area contributed by atoms with Crippen molar-refractivity contribution in [3.8, 4) is 0 Å². The third kappa shape index (κ3) is 2.56. The average molecular weight is 207 g/mol. The second-order valence-corrected chi connectivity index (χ2v) is 3.05. The van der Waals surface area contributed by atoms with Gasteiger partial charge in [-0.15, -0.1) is 0 Å². The Morgan fingerprint density at radius 1 is 1.40 bits per heavy atom. The lowest BCUT2D eigenvalue weighted by atomic mass is 10.2. The lowest BCUT2D eigenvalue weighted by Gasteiger charge is -2.22. The van der Waals surface area contributed by atoms with Crippen molar-refractivity contribution in [3.05, 3.63) is 30.3 Å². The Labute approximate surface area is 88.5 Å². The number of carbonyl (C=O) groups is 2. The van der Waals surface area contributed by atoms with E-state index >= 15 is 0 Å². The van der Waals surface area contributed by atoms with Crippen LogP contribution in [0.25, 0.3) is 0 Å². The van der Waals surface area contributed by atoms with Gasteiger partial charge in [0, 0.05) is 5.69 Å². The minimum Gasteiger partial charge on any atom is -0.467 e. The molecule has 1 atom stereocenters. The molecule has 0 fully saturated rings. The standard InChI is InChI=1S/C11H13NO3/c1-9(11(14)15-2)12(8-13)10-6-4-3-5-7-10/h3-9H,1-2H3/t9-/m0/s1. The molecule has 1 aromatic rings. The first-order valence-corrected chi connectivity index (χ1v) is 4.57. The van der Waals surface area contributed by atoms with Gasteiger partial charge >= 0.3 is 5.97 Å². The molecule has 80 valence electrons. The summed E-state index contributed by atoms with van der Waals surface area (Å²) in [6.45, 7) is 1.62. The number of benzene rings is 1. The van der Waals surface area contributed by atoms with E-state index < -0.39 is 12.0 Å². The fourth-order valence-corrected chi connectivity index (χ4v) is 1.26. The number of hydrogen-bond acceptors (Lipinski definition) is 3. The van der Waals surface area contributed by atoms with Gasteiger partial charge in [0.05, 0.1) is 7.11 Å². The molecule has 0 radical (unpaired) electrons. The highest BCUT2D eigenvalue weighted by Gasteiger charge is 2.21. The second-order valence-electron chi connectivity index (χ2n) is 3.05. The van der Waals surface area contributed by atoms with E-state index in [4.69, 9.17) is 0 Å². The van der Waals surface area contributed by atoms with Crippen LogP contribution < -0.4 is 4.90 Å². The molecule has 0 saturated carbocycles. The first-order valence-electron chi connectivity index (χ1n) is 4.57. The monoisotopic (exact) mass is 207 g/mol. The molecule has 15 heavy (non-hydrogen) atoms. The fourth-order valence-electron chi connectivity index (χ4n) is 1.26. The number of methoxy groups -OCH3 is 1. The molecule has 1 amide bonds. The maximum atomic E-state index is 11.3. The number of nitrogens with zero attached hydrogens (tertiary/aromatic N) is 1. The SMILES string of the molecule is COC(=O)[C@H](C)N(C=O)c1ccccc1. The predicted octanol–water partition coefficient (Wildman–Crippen LogP) is 1.21. The summed E-state index contributed by atoms with van der Waals surface area (Å²) >= 11 is 0. The number of esters is 1. The Balaban J connectivity index is 2.89. The summed E-state index contributed by atoms with van der Waals surface area (Å²) in [6, 6.07) is 8.35. The van der Waals surface area contributed by atoms with Crippen LogP contribution in [0.1, 0.15) is 6.92 Å². The van der Waals surface area contributed by atoms with E-state index in [1.165, 1.54) is 12.0 Å². The van der Waals surface area contributed by atoms with Crippen LogP contribution in [0.2, 0.25) is 0 Å². The highest BCUT2D eigenvalue weighted by molar-refractivity contribution is 5.88. The largest absolute Gasteiger partial charge is 0.467 e. The van der Waals surface area contributed by atoms with Crippen molar-refractivity contribution in [1.29, 1.82) is 0 Å². The summed E-state index contributed by atoms with van der Waals surface area (Å²) in [5, 5.41) is 0. The minimum absolute atomic E-state index is 0.439. The summed E-state index contributed by atoms with van der Waals surface area (Å²) in [4.78, 5) is 23.5. The smallest absolute Gasteiger partial charge is 0.328 e. The molecule has 0 unspecified atom stereocenters. The zero-order valence-electron chi connectivity index (χ0n) is 8.71. The molecule has 0 N–H and O–H groups in total. The number of anilines is 1. The quantitative estimate of drug-likeness (QED) is 0.550. The molecule has 0 saturated heterocycles. The Morgan fingerprint density at radius 3 is 2.47 bits per heavy atom. The van der Waals surface area contributed by atoms with Crippen molar-refractivity contribution in [1.82, 2.24) is 0 Å². The second kappa shape index (κ2) is 5.14. The Bertz CT molecular complexity index is 337. The van der Waals surface area contributed by atoms with Crippen LogP contribution in [0, 0.1) is 0 Å². The van der Waals surface area contributed by atoms with E-state index in [0.29, 0.717) is 12.1 Å². The lowest BCUT2D eigenvalue weighted by Crippen LogP contribution is -2.38. The summed E-state index contributed by atoms with van der Waals surface area (Å²) in [7, 11) is 1.30. The van der Waals surface area contributed by atoms with Crippen molar-refractivity contribution in [3.63, 3.8) is 0 Å². The van der Waals surface area contributed by atoms with Crippen LogP contribution in [-0.2, 0) is 14.3 Å². The van der Waals surface area contributed by atoms with Crippen molar-refractivity contribution < 1.29 is 14.3 Å². The lowest BCUT2D eigenvalue weighted by molar-refractivity contribution is -0.142. The maximum absolute atomic E-state index is 11.3. The van der Waals surface area contributed by atoms with Crippen molar-refractivity contribution >= 4 is 18.1 Å². The summed E-state index contributed by atoms with van der Waals surface area (Å²) in [6.07, 6.45) is 0.622. The zero-order chi connectivity index (χ0) is 11.3. The van der Waals surface area contributed by atoms with Crippen LogP contribution in [-0.4, -0.2) is 25.5 Å². The molecular formula is C11H13NO3. The molecule has 0 spiro atoms. The van der Waals surface area contributed by atoms with E-state index in [1.807, 2.05) is 6.07 Å². The van der Waals surface area contributed by atoms with E-state index in [1.54, 1.807) is 31.2 Å². The van der Waals surface area contributed by atoms with Crippen LogP contribution in [0.15, 0.2) is 30.3 Å². The number of amides is 1. The molecule has 1 rings (SSSR count). The van der Waals surface area contributed by atoms with Gasteiger partial charge in [0.1, 0.15) is 6.04 Å². The minimum atomic E-state index is -0.616. The molecular weight excluding hydrogens is 194 g/mol. The Morgan fingerprint density at radius 2 is 2.00 bits per heavy atom. The highest BCUT2D eigenvalue weighted by Crippen LogP contribution is 2.14. The molecule has 1 aromatic carbocycles. The van der Waals surface area contributed by atoms with Crippen LogP contribution >= 0.6 is 0 Å². The van der Waals surface area contributed by atoms with Gasteiger partial charge in [-0.05, 0) is 19.1 Å². The number of rotatable bonds is 4. The first kappa shape index (κ1) is 11.2. The molecule has 0 aromatic heterocycles. The number of para-hydroxylation sites is 1. The first-order chi connectivity index (χ1) is 7.20. The van der Waals surface area contributed by atoms with Crippen molar-refractivity contribution in [2.24, 2.45) is 0 Å². The van der Waals surface area contributed by atoms with Crippen LogP contribution in [0.4, 0.5) is 5.69 Å². The van der Waals surface area contributed by atoms with Gasteiger partial charge in [-0.3, -0.25) is 4.79 Å². The normalized spacial score (nSPS) is 11.6. The molecule has 0 heterocycles. The van der Waals surface area contributed by atoms with Gasteiger partial charge in [-0.1, -0.05) is 18.2 Å². The van der Waals surface area contributed by atoms with Crippen LogP contribution in [0.3, 0.4) is 0 Å². The Kier molecular flexibility index (Phi) is 3.85. The number of ether oxygens (including phenoxy) is 1. The molecule has 0 aliphatic rings. The number of carbonyl (C=O) groups excluding carboxylic acids is 2.